The lowest BCUT2D eigenvalue weighted by molar-refractivity contribution is -0.193. The lowest BCUT2D eigenvalue weighted by atomic mass is 10.0. The number of hydrogen-bond donors (Lipinski definition) is 3. The zero-order valence-electron chi connectivity index (χ0n) is 18.7. The molecule has 0 aliphatic heterocycles. The summed E-state index contributed by atoms with van der Waals surface area (Å²) in [7, 11) is 0. The van der Waals surface area contributed by atoms with Crippen LogP contribution in [0.2, 0.25) is 5.15 Å². The van der Waals surface area contributed by atoms with Crippen molar-refractivity contribution in [3.8, 4) is 11.1 Å². The van der Waals surface area contributed by atoms with E-state index in [-0.39, 0.29) is 5.91 Å². The predicted octanol–water partition coefficient (Wildman–Crippen LogP) is 5.88. The molecule has 206 valence electrons. The molecule has 1 aliphatic rings. The van der Waals surface area contributed by atoms with Crippen molar-refractivity contribution < 1.29 is 55.3 Å². The number of carboxylic acid groups (broad SMARTS) is 2. The maximum absolute atomic E-state index is 12.9. The fourth-order valence-electron chi connectivity index (χ4n) is 2.60. The van der Waals surface area contributed by atoms with E-state index in [2.05, 4.69) is 15.3 Å². The maximum Gasteiger partial charge on any atom is 0.490 e. The molecule has 0 unspecified atom stereocenters. The van der Waals surface area contributed by atoms with Gasteiger partial charge in [-0.3, -0.25) is 4.79 Å². The molecule has 3 aromatic rings. The van der Waals surface area contributed by atoms with E-state index in [1.54, 1.807) is 6.20 Å². The first-order valence-corrected chi connectivity index (χ1v) is 11.2. The van der Waals surface area contributed by atoms with Crippen LogP contribution >= 0.6 is 22.9 Å². The summed E-state index contributed by atoms with van der Waals surface area (Å²) in [4.78, 5) is 38.1. The number of aromatic nitrogens is 2. The van der Waals surface area contributed by atoms with Crippen molar-refractivity contribution in [2.24, 2.45) is 5.92 Å². The summed E-state index contributed by atoms with van der Waals surface area (Å²) in [5, 5.41) is 17.9. The molecule has 1 amide bonds. The van der Waals surface area contributed by atoms with E-state index >= 15 is 0 Å². The van der Waals surface area contributed by atoms with E-state index < -0.39 is 36.4 Å². The molecule has 4 rings (SSSR count). The molecule has 17 heteroatoms. The maximum atomic E-state index is 12.9. The molecule has 0 saturated heterocycles. The van der Waals surface area contributed by atoms with Crippen LogP contribution in [0.3, 0.4) is 0 Å². The van der Waals surface area contributed by atoms with Gasteiger partial charge in [-0.05, 0) is 42.7 Å². The summed E-state index contributed by atoms with van der Waals surface area (Å²) in [5.41, 5.74) is 3.84. The number of carboxylic acids is 2. The quantitative estimate of drug-likeness (QED) is 0.257. The number of benzene rings is 1. The Morgan fingerprint density at radius 1 is 1.05 bits per heavy atom. The van der Waals surface area contributed by atoms with Gasteiger partial charge < -0.3 is 15.5 Å². The molecule has 3 N–H and O–H groups in total. The Labute approximate surface area is 217 Å². The van der Waals surface area contributed by atoms with Crippen LogP contribution in [0.4, 0.5) is 35.9 Å². The smallest absolute Gasteiger partial charge is 0.475 e. The largest absolute Gasteiger partial charge is 0.490 e. The zero-order chi connectivity index (χ0) is 29.0. The molecular weight excluding hydrogens is 575 g/mol. The lowest BCUT2D eigenvalue weighted by Crippen LogP contribution is -2.21. The monoisotopic (exact) mass is 589 g/mol. The number of carbonyl (C=O) groups excluding carboxylic acids is 1. The average Bonchev–Trinajstić information content (AvgIpc) is 3.38. The molecular formula is C21H15ClF7N3O5S. The molecule has 8 nitrogen and oxygen atoms in total. The summed E-state index contributed by atoms with van der Waals surface area (Å²) < 4.78 is 77.4. The van der Waals surface area contributed by atoms with Gasteiger partial charge in [-0.25, -0.2) is 23.9 Å². The molecule has 2 aromatic heterocycles. The van der Waals surface area contributed by atoms with Gasteiger partial charge in [0.25, 0.3) is 0 Å². The van der Waals surface area contributed by atoms with Gasteiger partial charge in [0.2, 0.25) is 5.91 Å². The SMILES string of the molecule is Cc1cc(Cl)ncc1-c1ccc2nc(NC(=O)[C@@H]3C[C@@H]3F)sc2c1.O=C(O)C(F)(F)F.O=C(O)C(F)(F)F. The number of pyridine rings is 1. The number of aliphatic carboxylic acids is 2. The van der Waals surface area contributed by atoms with Crippen molar-refractivity contribution in [1.82, 2.24) is 9.97 Å². The van der Waals surface area contributed by atoms with Crippen molar-refractivity contribution in [1.29, 1.82) is 0 Å². The topological polar surface area (TPSA) is 129 Å². The fourth-order valence-corrected chi connectivity index (χ4v) is 3.72. The van der Waals surface area contributed by atoms with E-state index in [1.807, 2.05) is 31.2 Å². The van der Waals surface area contributed by atoms with Gasteiger partial charge in [0.1, 0.15) is 11.3 Å². The Kier molecular flexibility index (Phi) is 9.61. The minimum Gasteiger partial charge on any atom is -0.475 e. The number of amides is 1. The highest BCUT2D eigenvalue weighted by atomic mass is 35.5. The third-order valence-electron chi connectivity index (χ3n) is 4.54. The molecule has 1 saturated carbocycles. The minimum absolute atomic E-state index is 0.292. The van der Waals surface area contributed by atoms with Crippen LogP contribution in [-0.2, 0) is 14.4 Å². The number of anilines is 1. The van der Waals surface area contributed by atoms with E-state index in [0.29, 0.717) is 16.7 Å². The third kappa shape index (κ3) is 8.79. The Bertz CT molecular complexity index is 1320. The number of nitrogens with one attached hydrogen (secondary N) is 1. The summed E-state index contributed by atoms with van der Waals surface area (Å²) >= 11 is 7.28. The number of alkyl halides is 7. The standard InChI is InChI=1S/C17H13ClFN3OS.2C2HF3O2/c1-8-4-15(18)20-7-11(8)9-2-3-13-14(5-9)24-17(21-13)22-16(23)10-6-12(10)19;2*3-2(4,5)1(6)7/h2-5,7,10,12H,6H2,1H3,(H,21,22,23);2*(H,6,7)/t10-,12+;;/m1../s1. The van der Waals surface area contributed by atoms with Gasteiger partial charge in [-0.2, -0.15) is 26.3 Å². The summed E-state index contributed by atoms with van der Waals surface area (Å²) in [6.45, 7) is 1.98. The highest BCUT2D eigenvalue weighted by molar-refractivity contribution is 7.22. The van der Waals surface area contributed by atoms with Crippen LogP contribution in [0.1, 0.15) is 12.0 Å². The number of aryl methyl sites for hydroxylation is 1. The van der Waals surface area contributed by atoms with Crippen LogP contribution < -0.4 is 5.32 Å². The predicted molar refractivity (Wildman–Crippen MR) is 122 cm³/mol. The second kappa shape index (κ2) is 11.9. The number of carbonyl (C=O) groups is 3. The Morgan fingerprint density at radius 3 is 2.03 bits per heavy atom. The van der Waals surface area contributed by atoms with E-state index in [0.717, 1.165) is 26.9 Å². The van der Waals surface area contributed by atoms with Crippen LogP contribution in [0.25, 0.3) is 21.3 Å². The van der Waals surface area contributed by atoms with Gasteiger partial charge in [-0.15, -0.1) is 0 Å². The number of halogens is 8. The molecule has 2 atom stereocenters. The fraction of sp³-hybridized carbons (Fsp3) is 0.286. The van der Waals surface area contributed by atoms with Crippen molar-refractivity contribution in [3.05, 3.63) is 41.2 Å². The number of thiazole rings is 1. The molecule has 2 heterocycles. The van der Waals surface area contributed by atoms with Gasteiger partial charge in [-0.1, -0.05) is 29.0 Å². The van der Waals surface area contributed by atoms with Gasteiger partial charge in [0.15, 0.2) is 5.13 Å². The highest BCUT2D eigenvalue weighted by Crippen LogP contribution is 2.36. The first kappa shape index (κ1) is 30.7. The minimum atomic E-state index is -5.08. The Balaban J connectivity index is 0.000000301. The van der Waals surface area contributed by atoms with E-state index in [1.165, 1.54) is 11.3 Å². The summed E-state index contributed by atoms with van der Waals surface area (Å²) in [6, 6.07) is 7.70. The van der Waals surface area contributed by atoms with Crippen LogP contribution in [0, 0.1) is 12.8 Å². The summed E-state index contributed by atoms with van der Waals surface area (Å²) in [6.07, 6.45) is -9.12. The lowest BCUT2D eigenvalue weighted by Gasteiger charge is -2.05. The van der Waals surface area contributed by atoms with Crippen molar-refractivity contribution in [2.45, 2.75) is 31.9 Å². The van der Waals surface area contributed by atoms with Crippen LogP contribution in [-0.4, -0.2) is 56.6 Å². The molecule has 1 aliphatic carbocycles. The second-order valence-electron chi connectivity index (χ2n) is 7.48. The Hall–Kier alpha value is -3.53. The van der Waals surface area contributed by atoms with Crippen LogP contribution in [0.15, 0.2) is 30.5 Å². The molecule has 0 bridgehead atoms. The molecule has 1 fully saturated rings. The van der Waals surface area contributed by atoms with Gasteiger partial charge >= 0.3 is 24.3 Å². The average molecular weight is 590 g/mol. The first-order valence-electron chi connectivity index (χ1n) is 9.98. The molecule has 1 aromatic carbocycles. The normalized spacial score (nSPS) is 16.4. The van der Waals surface area contributed by atoms with Crippen LogP contribution in [0.5, 0.6) is 0 Å². The van der Waals surface area contributed by atoms with Crippen molar-refractivity contribution >= 4 is 56.1 Å². The summed E-state index contributed by atoms with van der Waals surface area (Å²) in [5.74, 6) is -6.32. The number of fused-ring (bicyclic) bond motifs is 1. The molecule has 0 radical (unpaired) electrons. The highest BCUT2D eigenvalue weighted by Gasteiger charge is 2.44. The molecule has 38 heavy (non-hydrogen) atoms. The van der Waals surface area contributed by atoms with Gasteiger partial charge in [0.05, 0.1) is 16.1 Å². The number of nitrogens with zero attached hydrogens (tertiary/aromatic N) is 2. The van der Waals surface area contributed by atoms with E-state index in [9.17, 15) is 35.5 Å². The first-order chi connectivity index (χ1) is 17.4. The zero-order valence-corrected chi connectivity index (χ0v) is 20.3. The molecule has 0 spiro atoms. The van der Waals surface area contributed by atoms with E-state index in [4.69, 9.17) is 31.4 Å². The number of hydrogen-bond acceptors (Lipinski definition) is 6. The van der Waals surface area contributed by atoms with Crippen molar-refractivity contribution in [3.63, 3.8) is 0 Å². The number of rotatable bonds is 3. The third-order valence-corrected chi connectivity index (χ3v) is 5.68. The van der Waals surface area contributed by atoms with Crippen molar-refractivity contribution in [2.75, 3.05) is 5.32 Å². The Morgan fingerprint density at radius 2 is 1.58 bits per heavy atom. The van der Waals surface area contributed by atoms with Gasteiger partial charge in [0, 0.05) is 11.8 Å². The second-order valence-corrected chi connectivity index (χ2v) is 8.89.